The molecule has 2 N–H and O–H groups in total. The number of rotatable bonds is 7. The average molecular weight is 370 g/mol. The van der Waals surface area contributed by atoms with Gasteiger partial charge in [0.05, 0.1) is 16.8 Å². The molecule has 0 aliphatic carbocycles. The molecule has 5 nitrogen and oxygen atoms in total. The Morgan fingerprint density at radius 3 is 2.69 bits per heavy atom. The zero-order valence-electron chi connectivity index (χ0n) is 14.7. The number of amides is 1. The minimum atomic E-state index is -0.513. The minimum absolute atomic E-state index is 0.174. The van der Waals surface area contributed by atoms with Crippen LogP contribution in [0.4, 0.5) is 0 Å². The number of hydrogen-bond donors (Lipinski definition) is 2. The van der Waals surface area contributed by atoms with Crippen molar-refractivity contribution >= 4 is 27.5 Å². The zero-order chi connectivity index (χ0) is 18.5. The Balaban J connectivity index is 2.01. The molecule has 1 aromatic carbocycles. The normalized spacial score (nSPS) is 11.0. The van der Waals surface area contributed by atoms with Crippen molar-refractivity contribution in [2.24, 2.45) is 0 Å². The highest BCUT2D eigenvalue weighted by Gasteiger charge is 2.22. The summed E-state index contributed by atoms with van der Waals surface area (Å²) in [5.74, 6) is -0.738. The van der Waals surface area contributed by atoms with Crippen molar-refractivity contribution in [3.8, 4) is 5.75 Å². The molecule has 0 unspecified atom stereocenters. The van der Waals surface area contributed by atoms with Crippen LogP contribution in [0.25, 0.3) is 10.2 Å². The Morgan fingerprint density at radius 1 is 1.19 bits per heavy atom. The monoisotopic (exact) mass is 370 g/mol. The highest BCUT2D eigenvalue weighted by molar-refractivity contribution is 7.17. The van der Waals surface area contributed by atoms with Crippen LogP contribution < -0.4 is 10.9 Å². The van der Waals surface area contributed by atoms with E-state index < -0.39 is 11.5 Å². The third kappa shape index (κ3) is 3.65. The standard InChI is InChI=1S/C20H22N2O3S/c1-2-3-7-11-21-19(24)16-17(23)18-15(10-12-26-18)22(20(16)25)13-14-8-5-4-6-9-14/h4-6,8-10,12,23H,2-3,7,11,13H2,1H3,(H,21,24). The summed E-state index contributed by atoms with van der Waals surface area (Å²) in [6, 6.07) is 11.4. The van der Waals surface area contributed by atoms with Crippen molar-refractivity contribution in [3.05, 3.63) is 63.3 Å². The van der Waals surface area contributed by atoms with Crippen LogP contribution in [0.2, 0.25) is 0 Å². The lowest BCUT2D eigenvalue weighted by Crippen LogP contribution is -2.34. The van der Waals surface area contributed by atoms with Crippen LogP contribution in [0.15, 0.2) is 46.6 Å². The highest BCUT2D eigenvalue weighted by Crippen LogP contribution is 2.31. The van der Waals surface area contributed by atoms with Crippen LogP contribution in [-0.4, -0.2) is 22.1 Å². The van der Waals surface area contributed by atoms with Crippen molar-refractivity contribution < 1.29 is 9.90 Å². The van der Waals surface area contributed by atoms with Gasteiger partial charge >= 0.3 is 0 Å². The van der Waals surface area contributed by atoms with Crippen LogP contribution in [0.5, 0.6) is 5.75 Å². The van der Waals surface area contributed by atoms with Gasteiger partial charge in [0.25, 0.3) is 11.5 Å². The number of nitrogens with one attached hydrogen (secondary N) is 1. The van der Waals surface area contributed by atoms with Crippen LogP contribution in [-0.2, 0) is 6.54 Å². The van der Waals surface area contributed by atoms with Gasteiger partial charge in [0, 0.05) is 6.54 Å². The molecule has 6 heteroatoms. The van der Waals surface area contributed by atoms with Crippen molar-refractivity contribution in [1.29, 1.82) is 0 Å². The van der Waals surface area contributed by atoms with E-state index in [-0.39, 0.29) is 11.3 Å². The molecule has 0 spiro atoms. The van der Waals surface area contributed by atoms with Crippen LogP contribution in [0.3, 0.4) is 0 Å². The molecule has 0 aliphatic heterocycles. The van der Waals surface area contributed by atoms with Gasteiger partial charge in [0.2, 0.25) is 0 Å². The fourth-order valence-electron chi connectivity index (χ4n) is 2.94. The van der Waals surface area contributed by atoms with Gasteiger partial charge in [0.1, 0.15) is 5.56 Å². The number of nitrogens with zero attached hydrogens (tertiary/aromatic N) is 1. The molecule has 136 valence electrons. The van der Waals surface area contributed by atoms with Gasteiger partial charge in [-0.2, -0.15) is 0 Å². The Bertz CT molecular complexity index is 960. The maximum atomic E-state index is 13.0. The van der Waals surface area contributed by atoms with E-state index in [0.717, 1.165) is 24.8 Å². The summed E-state index contributed by atoms with van der Waals surface area (Å²) in [6.07, 6.45) is 2.91. The van der Waals surface area contributed by atoms with Crippen LogP contribution >= 0.6 is 11.3 Å². The minimum Gasteiger partial charge on any atom is -0.505 e. The lowest BCUT2D eigenvalue weighted by Gasteiger charge is -2.13. The molecule has 0 atom stereocenters. The summed E-state index contributed by atoms with van der Waals surface area (Å²) < 4.78 is 2.11. The number of aromatic nitrogens is 1. The van der Waals surface area contributed by atoms with Crippen molar-refractivity contribution in [2.45, 2.75) is 32.7 Å². The molecule has 0 fully saturated rings. The van der Waals surface area contributed by atoms with E-state index >= 15 is 0 Å². The second-order valence-corrected chi connectivity index (χ2v) is 7.11. The number of pyridine rings is 1. The first-order valence-corrected chi connectivity index (χ1v) is 9.66. The van der Waals surface area contributed by atoms with Crippen molar-refractivity contribution in [1.82, 2.24) is 9.88 Å². The molecule has 0 aliphatic rings. The molecular weight excluding hydrogens is 348 g/mol. The van der Waals surface area contributed by atoms with Crippen molar-refractivity contribution in [3.63, 3.8) is 0 Å². The number of benzene rings is 1. The summed E-state index contributed by atoms with van der Waals surface area (Å²) in [5.41, 5.74) is 0.962. The molecule has 26 heavy (non-hydrogen) atoms. The summed E-state index contributed by atoms with van der Waals surface area (Å²) in [7, 11) is 0. The summed E-state index contributed by atoms with van der Waals surface area (Å²) in [6.45, 7) is 2.93. The molecule has 2 aromatic heterocycles. The molecule has 2 heterocycles. The van der Waals surface area contributed by atoms with E-state index in [1.807, 2.05) is 35.7 Å². The maximum Gasteiger partial charge on any atom is 0.268 e. The van der Waals surface area contributed by atoms with Gasteiger partial charge in [0.15, 0.2) is 5.75 Å². The SMILES string of the molecule is CCCCCNC(=O)c1c(O)c2sccc2n(Cc2ccccc2)c1=O. The number of fused-ring (bicyclic) bond motifs is 1. The summed E-state index contributed by atoms with van der Waals surface area (Å²) in [4.78, 5) is 25.5. The number of thiophene rings is 1. The third-order valence-electron chi connectivity index (χ3n) is 4.32. The molecule has 3 rings (SSSR count). The third-order valence-corrected chi connectivity index (χ3v) is 5.23. The fourth-order valence-corrected chi connectivity index (χ4v) is 3.79. The largest absolute Gasteiger partial charge is 0.505 e. The predicted molar refractivity (Wildman–Crippen MR) is 105 cm³/mol. The number of hydrogen-bond acceptors (Lipinski definition) is 4. The Labute approximate surface area is 155 Å². The second kappa shape index (κ2) is 8.19. The molecule has 0 radical (unpaired) electrons. The molecule has 0 saturated carbocycles. The number of unbranched alkanes of at least 4 members (excludes halogenated alkanes) is 2. The lowest BCUT2D eigenvalue weighted by molar-refractivity contribution is 0.0948. The Hall–Kier alpha value is -2.60. The van der Waals surface area contributed by atoms with Gasteiger partial charge in [-0.3, -0.25) is 9.59 Å². The van der Waals surface area contributed by atoms with E-state index in [1.165, 1.54) is 11.3 Å². The molecular formula is C20H22N2O3S. The predicted octanol–water partition coefficient (Wildman–Crippen LogP) is 3.74. The van der Waals surface area contributed by atoms with Gasteiger partial charge in [-0.05, 0) is 23.4 Å². The second-order valence-electron chi connectivity index (χ2n) is 6.20. The molecule has 0 bridgehead atoms. The summed E-state index contributed by atoms with van der Waals surface area (Å²) >= 11 is 1.32. The Morgan fingerprint density at radius 2 is 1.96 bits per heavy atom. The zero-order valence-corrected chi connectivity index (χ0v) is 15.5. The number of carbonyl (C=O) groups excluding carboxylic acids is 1. The first-order valence-electron chi connectivity index (χ1n) is 8.78. The first kappa shape index (κ1) is 18.2. The van der Waals surface area contributed by atoms with Crippen molar-refractivity contribution in [2.75, 3.05) is 6.54 Å². The van der Waals surface area contributed by atoms with E-state index in [0.29, 0.717) is 23.3 Å². The van der Waals surface area contributed by atoms with E-state index in [9.17, 15) is 14.7 Å². The number of carbonyl (C=O) groups is 1. The lowest BCUT2D eigenvalue weighted by atomic mass is 10.1. The van der Waals surface area contributed by atoms with E-state index in [4.69, 9.17) is 0 Å². The van der Waals surface area contributed by atoms with Gasteiger partial charge in [-0.1, -0.05) is 50.1 Å². The van der Waals surface area contributed by atoms with Gasteiger partial charge in [-0.15, -0.1) is 11.3 Å². The Kier molecular flexibility index (Phi) is 5.73. The van der Waals surface area contributed by atoms with E-state index in [1.54, 1.807) is 10.6 Å². The molecule has 3 aromatic rings. The van der Waals surface area contributed by atoms with Gasteiger partial charge in [-0.25, -0.2) is 0 Å². The number of aromatic hydroxyl groups is 1. The highest BCUT2D eigenvalue weighted by atomic mass is 32.1. The van der Waals surface area contributed by atoms with E-state index in [2.05, 4.69) is 12.2 Å². The smallest absolute Gasteiger partial charge is 0.268 e. The summed E-state index contributed by atoms with van der Waals surface area (Å²) in [5, 5.41) is 15.1. The maximum absolute atomic E-state index is 13.0. The average Bonchev–Trinajstić information content (AvgIpc) is 3.13. The molecule has 0 saturated heterocycles. The first-order chi connectivity index (χ1) is 12.6. The topological polar surface area (TPSA) is 71.3 Å². The van der Waals surface area contributed by atoms with Crippen LogP contribution in [0.1, 0.15) is 42.1 Å². The quantitative estimate of drug-likeness (QED) is 0.623. The van der Waals surface area contributed by atoms with Crippen LogP contribution in [0, 0.1) is 0 Å². The fraction of sp³-hybridized carbons (Fsp3) is 0.300. The van der Waals surface area contributed by atoms with Gasteiger partial charge < -0.3 is 15.0 Å². The molecule has 1 amide bonds.